The molecule has 34 heavy (non-hydrogen) atoms. The van der Waals surface area contributed by atoms with Crippen molar-refractivity contribution in [2.45, 2.75) is 20.0 Å². The molecule has 0 saturated heterocycles. The largest absolute Gasteiger partial charge is 0.390 e. The molecule has 0 aliphatic rings. The van der Waals surface area contributed by atoms with E-state index in [0.717, 1.165) is 4.88 Å². The van der Waals surface area contributed by atoms with E-state index in [-0.39, 0.29) is 22.8 Å². The Morgan fingerprint density at radius 1 is 1.24 bits per heavy atom. The number of hydrogen-bond donors (Lipinski definition) is 3. The molecule has 4 rings (SSSR count). The number of nitrogens with one attached hydrogen (secondary N) is 1. The summed E-state index contributed by atoms with van der Waals surface area (Å²) in [4.78, 5) is 24.4. The Morgan fingerprint density at radius 3 is 2.68 bits per heavy atom. The van der Waals surface area contributed by atoms with Crippen LogP contribution in [0, 0.1) is 18.6 Å². The first-order chi connectivity index (χ1) is 16.2. The first-order valence-electron chi connectivity index (χ1n) is 10.1. The summed E-state index contributed by atoms with van der Waals surface area (Å²) >= 11 is 7.24. The van der Waals surface area contributed by atoms with Crippen LogP contribution in [0.5, 0.6) is 0 Å². The van der Waals surface area contributed by atoms with E-state index in [2.05, 4.69) is 10.4 Å². The fourth-order valence-corrected chi connectivity index (χ4v) is 5.21. The number of carbonyl (C=O) groups excluding carboxylic acids is 2. The maximum absolute atomic E-state index is 14.7. The summed E-state index contributed by atoms with van der Waals surface area (Å²) in [5.74, 6) is -2.24. The second-order valence-electron chi connectivity index (χ2n) is 7.60. The van der Waals surface area contributed by atoms with Crippen LogP contribution in [0.1, 0.15) is 32.2 Å². The lowest BCUT2D eigenvalue weighted by molar-refractivity contribution is -0.117. The van der Waals surface area contributed by atoms with E-state index in [9.17, 15) is 23.5 Å². The van der Waals surface area contributed by atoms with Crippen molar-refractivity contribution in [3.8, 4) is 5.69 Å². The summed E-state index contributed by atoms with van der Waals surface area (Å²) in [7, 11) is 0. The fraction of sp³-hybridized carbons (Fsp3) is 0.174. The summed E-state index contributed by atoms with van der Waals surface area (Å²) in [6.45, 7) is 0.690. The van der Waals surface area contributed by atoms with Gasteiger partial charge in [0.15, 0.2) is 0 Å². The third-order valence-corrected chi connectivity index (χ3v) is 6.52. The van der Waals surface area contributed by atoms with Crippen LogP contribution in [0.15, 0.2) is 36.4 Å². The molecule has 0 aliphatic heterocycles. The molecular weight excluding hydrogens is 486 g/mol. The number of nitrogens with zero attached hydrogens (tertiary/aromatic N) is 2. The molecule has 2 aromatic heterocycles. The SMILES string of the molecule is Cc1nn(-c2ccc(F)c3cc(Cc4cc(F)cc(Cl)c4)sc23)c(CO)c1C(=O)NCC(N)=O. The number of benzene rings is 2. The van der Waals surface area contributed by atoms with E-state index < -0.39 is 30.1 Å². The predicted molar refractivity (Wildman–Crippen MR) is 125 cm³/mol. The van der Waals surface area contributed by atoms with Gasteiger partial charge in [-0.3, -0.25) is 9.59 Å². The third kappa shape index (κ3) is 4.65. The van der Waals surface area contributed by atoms with Crippen molar-refractivity contribution in [2.24, 2.45) is 5.73 Å². The fourth-order valence-electron chi connectivity index (χ4n) is 3.77. The van der Waals surface area contributed by atoms with E-state index in [0.29, 0.717) is 33.5 Å². The maximum Gasteiger partial charge on any atom is 0.255 e. The third-order valence-electron chi connectivity index (χ3n) is 5.15. The summed E-state index contributed by atoms with van der Waals surface area (Å²) < 4.78 is 30.3. The number of rotatable bonds is 7. The second kappa shape index (κ2) is 9.49. The van der Waals surface area contributed by atoms with Gasteiger partial charge in [0.1, 0.15) is 11.6 Å². The molecule has 0 spiro atoms. The van der Waals surface area contributed by atoms with Crippen LogP contribution in [0.3, 0.4) is 0 Å². The van der Waals surface area contributed by atoms with Crippen molar-refractivity contribution in [3.05, 3.63) is 80.4 Å². The van der Waals surface area contributed by atoms with Gasteiger partial charge >= 0.3 is 0 Å². The molecule has 0 bridgehead atoms. The van der Waals surface area contributed by atoms with E-state index in [1.807, 2.05) is 0 Å². The molecule has 4 N–H and O–H groups in total. The molecule has 0 fully saturated rings. The number of aliphatic hydroxyl groups excluding tert-OH is 1. The van der Waals surface area contributed by atoms with E-state index in [4.69, 9.17) is 17.3 Å². The van der Waals surface area contributed by atoms with Gasteiger partial charge < -0.3 is 16.2 Å². The number of aromatic nitrogens is 2. The van der Waals surface area contributed by atoms with Gasteiger partial charge in [-0.2, -0.15) is 5.10 Å². The Morgan fingerprint density at radius 2 is 2.00 bits per heavy atom. The van der Waals surface area contributed by atoms with Gasteiger partial charge in [-0.15, -0.1) is 11.3 Å². The van der Waals surface area contributed by atoms with Crippen molar-refractivity contribution in [1.29, 1.82) is 0 Å². The van der Waals surface area contributed by atoms with Crippen LogP contribution in [0.25, 0.3) is 15.8 Å². The van der Waals surface area contributed by atoms with Crippen LogP contribution in [0.4, 0.5) is 8.78 Å². The molecule has 2 aromatic carbocycles. The lowest BCUT2D eigenvalue weighted by Crippen LogP contribution is -2.34. The second-order valence-corrected chi connectivity index (χ2v) is 9.18. The van der Waals surface area contributed by atoms with Gasteiger partial charge in [-0.25, -0.2) is 13.5 Å². The number of primary amides is 1. The van der Waals surface area contributed by atoms with Crippen molar-refractivity contribution in [3.63, 3.8) is 0 Å². The van der Waals surface area contributed by atoms with Gasteiger partial charge in [0.05, 0.1) is 40.5 Å². The number of aryl methyl sites for hydroxylation is 1. The average molecular weight is 505 g/mol. The van der Waals surface area contributed by atoms with E-state index >= 15 is 0 Å². The van der Waals surface area contributed by atoms with Crippen LogP contribution in [-0.2, 0) is 17.8 Å². The van der Waals surface area contributed by atoms with Crippen molar-refractivity contribution < 1.29 is 23.5 Å². The lowest BCUT2D eigenvalue weighted by atomic mass is 10.1. The number of halogens is 3. The zero-order chi connectivity index (χ0) is 24.6. The Balaban J connectivity index is 1.79. The minimum Gasteiger partial charge on any atom is -0.390 e. The minimum atomic E-state index is -0.713. The van der Waals surface area contributed by atoms with Crippen LogP contribution >= 0.6 is 22.9 Å². The summed E-state index contributed by atoms with van der Waals surface area (Å²) in [5, 5.41) is 17.4. The average Bonchev–Trinajstić information content (AvgIpc) is 3.32. The number of thiophene rings is 1. The smallest absolute Gasteiger partial charge is 0.255 e. The molecule has 2 heterocycles. The Kier molecular flexibility index (Phi) is 6.65. The first-order valence-corrected chi connectivity index (χ1v) is 11.3. The quantitative estimate of drug-likeness (QED) is 0.357. The molecule has 0 saturated carbocycles. The highest BCUT2D eigenvalue weighted by molar-refractivity contribution is 7.19. The molecule has 7 nitrogen and oxygen atoms in total. The zero-order valence-corrected chi connectivity index (χ0v) is 19.4. The number of nitrogens with two attached hydrogens (primary N) is 1. The minimum absolute atomic E-state index is 0.104. The van der Waals surface area contributed by atoms with E-state index in [1.165, 1.54) is 40.3 Å². The van der Waals surface area contributed by atoms with Crippen LogP contribution in [0.2, 0.25) is 5.02 Å². The topological polar surface area (TPSA) is 110 Å². The highest BCUT2D eigenvalue weighted by Gasteiger charge is 2.24. The van der Waals surface area contributed by atoms with Crippen molar-refractivity contribution in [2.75, 3.05) is 6.54 Å². The molecular formula is C23H19ClF2N4O3S. The van der Waals surface area contributed by atoms with Gasteiger partial charge in [-0.1, -0.05) is 11.6 Å². The number of fused-ring (bicyclic) bond motifs is 1. The zero-order valence-electron chi connectivity index (χ0n) is 17.9. The molecule has 0 aliphatic carbocycles. The van der Waals surface area contributed by atoms with Crippen LogP contribution < -0.4 is 11.1 Å². The number of carbonyl (C=O) groups is 2. The Hall–Kier alpha value is -3.34. The van der Waals surface area contributed by atoms with Crippen LogP contribution in [-0.4, -0.2) is 33.2 Å². The molecule has 11 heteroatoms. The molecule has 2 amide bonds. The van der Waals surface area contributed by atoms with E-state index in [1.54, 1.807) is 19.1 Å². The Labute approximate surface area is 201 Å². The maximum atomic E-state index is 14.7. The number of aliphatic hydroxyl groups is 1. The van der Waals surface area contributed by atoms with Gasteiger partial charge in [-0.05, 0) is 48.9 Å². The summed E-state index contributed by atoms with van der Waals surface area (Å²) in [5.41, 5.74) is 6.79. The first kappa shape index (κ1) is 23.8. The highest BCUT2D eigenvalue weighted by atomic mass is 35.5. The number of hydrogen-bond acceptors (Lipinski definition) is 5. The van der Waals surface area contributed by atoms with Gasteiger partial charge in [0.2, 0.25) is 5.91 Å². The monoisotopic (exact) mass is 504 g/mol. The predicted octanol–water partition coefficient (Wildman–Crippen LogP) is 3.63. The molecule has 176 valence electrons. The molecule has 0 unspecified atom stereocenters. The lowest BCUT2D eigenvalue weighted by Gasteiger charge is -2.09. The molecule has 0 radical (unpaired) electrons. The normalized spacial score (nSPS) is 11.2. The number of amides is 2. The summed E-state index contributed by atoms with van der Waals surface area (Å²) in [6.07, 6.45) is 0.335. The van der Waals surface area contributed by atoms with Crippen molar-refractivity contribution >= 4 is 44.8 Å². The van der Waals surface area contributed by atoms with Gasteiger partial charge in [0, 0.05) is 21.7 Å². The molecule has 4 aromatic rings. The van der Waals surface area contributed by atoms with Crippen molar-refractivity contribution in [1.82, 2.24) is 15.1 Å². The standard InChI is InChI=1S/C23H19ClF2N4O3S/c1-11-21(23(33)28-9-20(27)32)19(10-31)30(29-11)18-3-2-17(26)16-8-15(34-22(16)18)6-12-4-13(24)7-14(25)5-12/h2-5,7-8,31H,6,9-10H2,1H3,(H2,27,32)(H,28,33). The molecule has 0 atom stereocenters. The highest BCUT2D eigenvalue weighted by Crippen LogP contribution is 2.35. The Bertz CT molecular complexity index is 1410. The summed E-state index contributed by atoms with van der Waals surface area (Å²) in [6, 6.07) is 8.68. The van der Waals surface area contributed by atoms with Gasteiger partial charge in [0.25, 0.3) is 5.91 Å².